The zero-order chi connectivity index (χ0) is 21.9. The molecule has 13 heteroatoms. The summed E-state index contributed by atoms with van der Waals surface area (Å²) in [6.45, 7) is 0. The van der Waals surface area contributed by atoms with Gasteiger partial charge in [0.15, 0.2) is 0 Å². The zero-order valence-corrected chi connectivity index (χ0v) is 15.2. The number of amides is 5. The van der Waals surface area contributed by atoms with Gasteiger partial charge in [0.05, 0.1) is 6.04 Å². The second-order valence-electron chi connectivity index (χ2n) is 6.08. The lowest BCUT2D eigenvalue weighted by Crippen LogP contribution is -2.54. The van der Waals surface area contributed by atoms with E-state index in [2.05, 4.69) is 10.6 Å². The number of primary amides is 3. The first-order chi connectivity index (χ1) is 12.9. The van der Waals surface area contributed by atoms with E-state index in [0.29, 0.717) is 0 Å². The molecule has 0 aromatic carbocycles. The molecule has 0 radical (unpaired) electrons. The van der Waals surface area contributed by atoms with Crippen molar-refractivity contribution in [3.05, 3.63) is 0 Å². The van der Waals surface area contributed by atoms with Crippen LogP contribution in [0.3, 0.4) is 0 Å². The van der Waals surface area contributed by atoms with Crippen molar-refractivity contribution in [2.45, 2.75) is 56.7 Å². The normalized spacial score (nSPS) is 13.6. The maximum Gasteiger partial charge on any atom is 0.326 e. The fourth-order valence-corrected chi connectivity index (χ4v) is 2.08. The molecular weight excluding hydrogens is 376 g/mol. The summed E-state index contributed by atoms with van der Waals surface area (Å²) in [7, 11) is 0. The number of carboxylic acids is 1. The number of aliphatic carboxylic acids is 1. The van der Waals surface area contributed by atoms with Crippen LogP contribution >= 0.6 is 0 Å². The summed E-state index contributed by atoms with van der Waals surface area (Å²) in [4.78, 5) is 68.2. The van der Waals surface area contributed by atoms with Crippen molar-refractivity contribution in [1.29, 1.82) is 0 Å². The molecule has 0 heterocycles. The van der Waals surface area contributed by atoms with Crippen LogP contribution in [0.15, 0.2) is 0 Å². The minimum atomic E-state index is -1.43. The molecule has 0 aliphatic rings. The Kier molecular flexibility index (Phi) is 10.8. The molecule has 0 aliphatic carbocycles. The van der Waals surface area contributed by atoms with Crippen LogP contribution in [0.25, 0.3) is 0 Å². The fraction of sp³-hybridized carbons (Fsp3) is 0.600. The van der Waals surface area contributed by atoms with Crippen LogP contribution in [0.1, 0.15) is 38.5 Å². The predicted octanol–water partition coefficient (Wildman–Crippen LogP) is -3.84. The van der Waals surface area contributed by atoms with Gasteiger partial charge >= 0.3 is 5.97 Å². The Bertz CT molecular complexity index is 624. The van der Waals surface area contributed by atoms with E-state index in [0.717, 1.165) is 0 Å². The molecule has 0 bridgehead atoms. The summed E-state index contributed by atoms with van der Waals surface area (Å²) >= 11 is 0. The second-order valence-corrected chi connectivity index (χ2v) is 6.08. The molecule has 0 spiro atoms. The summed E-state index contributed by atoms with van der Waals surface area (Å²) in [5.41, 5.74) is 20.6. The van der Waals surface area contributed by atoms with Crippen LogP contribution in [-0.4, -0.2) is 58.7 Å². The van der Waals surface area contributed by atoms with E-state index in [9.17, 15) is 28.8 Å². The second kappa shape index (κ2) is 12.2. The number of carbonyl (C=O) groups excluding carboxylic acids is 5. The number of hydrogen-bond donors (Lipinski definition) is 7. The maximum absolute atomic E-state index is 12.4. The van der Waals surface area contributed by atoms with Gasteiger partial charge in [-0.05, 0) is 19.3 Å². The SMILES string of the molecule is NC(=O)CC[C@@H](N)C(=O)N[C@H](CCC(N)=O)C(=O)N[C@H](CCC(N)=O)C(=O)O. The highest BCUT2D eigenvalue weighted by molar-refractivity contribution is 5.92. The number of carboxylic acid groups (broad SMARTS) is 1. The lowest BCUT2D eigenvalue weighted by atomic mass is 10.1. The summed E-state index contributed by atoms with van der Waals surface area (Å²) in [5.74, 6) is -5.27. The quantitative estimate of drug-likeness (QED) is 0.151. The number of hydrogen-bond acceptors (Lipinski definition) is 7. The van der Waals surface area contributed by atoms with E-state index in [1.54, 1.807) is 0 Å². The zero-order valence-electron chi connectivity index (χ0n) is 15.2. The molecule has 0 aromatic rings. The Hall–Kier alpha value is -3.22. The average molecular weight is 402 g/mol. The summed E-state index contributed by atoms with van der Waals surface area (Å²) < 4.78 is 0. The molecule has 0 saturated carbocycles. The summed E-state index contributed by atoms with van der Waals surface area (Å²) in [6.07, 6.45) is -1.24. The van der Waals surface area contributed by atoms with Crippen LogP contribution < -0.4 is 33.6 Å². The van der Waals surface area contributed by atoms with E-state index in [1.165, 1.54) is 0 Å². The van der Waals surface area contributed by atoms with Gasteiger partial charge < -0.3 is 38.7 Å². The smallest absolute Gasteiger partial charge is 0.326 e. The third kappa shape index (κ3) is 10.7. The average Bonchev–Trinajstić information content (AvgIpc) is 2.58. The molecule has 3 atom stereocenters. The predicted molar refractivity (Wildman–Crippen MR) is 94.8 cm³/mol. The molecule has 0 fully saturated rings. The number of nitrogens with one attached hydrogen (secondary N) is 2. The van der Waals surface area contributed by atoms with Gasteiger partial charge in [-0.1, -0.05) is 0 Å². The van der Waals surface area contributed by atoms with Gasteiger partial charge in [0.1, 0.15) is 12.1 Å². The Morgan fingerprint density at radius 1 is 0.679 bits per heavy atom. The summed E-state index contributed by atoms with van der Waals surface area (Å²) in [5, 5.41) is 13.6. The topological polar surface area (TPSA) is 251 Å². The molecule has 13 nitrogen and oxygen atoms in total. The van der Waals surface area contributed by atoms with E-state index < -0.39 is 53.6 Å². The van der Waals surface area contributed by atoms with Crippen LogP contribution in [0.4, 0.5) is 0 Å². The highest BCUT2D eigenvalue weighted by Gasteiger charge is 2.28. The molecular formula is C15H26N6O7. The maximum atomic E-state index is 12.4. The van der Waals surface area contributed by atoms with Crippen molar-refractivity contribution in [2.75, 3.05) is 0 Å². The molecule has 0 rings (SSSR count). The van der Waals surface area contributed by atoms with Gasteiger partial charge in [-0.25, -0.2) is 4.79 Å². The highest BCUT2D eigenvalue weighted by atomic mass is 16.4. The van der Waals surface area contributed by atoms with Gasteiger partial charge in [-0.15, -0.1) is 0 Å². The van der Waals surface area contributed by atoms with Crippen molar-refractivity contribution in [3.8, 4) is 0 Å². The van der Waals surface area contributed by atoms with Crippen molar-refractivity contribution in [3.63, 3.8) is 0 Å². The van der Waals surface area contributed by atoms with Gasteiger partial charge in [-0.2, -0.15) is 0 Å². The van der Waals surface area contributed by atoms with Gasteiger partial charge in [0, 0.05) is 19.3 Å². The van der Waals surface area contributed by atoms with Gasteiger partial charge in [0.2, 0.25) is 29.5 Å². The van der Waals surface area contributed by atoms with Crippen LogP contribution in [-0.2, 0) is 28.8 Å². The molecule has 0 aliphatic heterocycles. The Morgan fingerprint density at radius 3 is 1.50 bits per heavy atom. The van der Waals surface area contributed by atoms with Crippen molar-refractivity contribution >= 4 is 35.5 Å². The first kappa shape index (κ1) is 24.8. The third-order valence-corrected chi connectivity index (χ3v) is 3.64. The minimum absolute atomic E-state index is 0.0678. The standard InChI is InChI=1S/C15H26N6O7/c16-7(1-4-10(17)22)13(25)20-8(2-5-11(18)23)14(26)21-9(15(27)28)3-6-12(19)24/h7-9H,1-6,16H2,(H2,17,22)(H2,18,23)(H2,19,24)(H,20,25)(H,21,26)(H,27,28)/t7-,8-,9-/m1/s1. The van der Waals surface area contributed by atoms with Crippen molar-refractivity contribution in [1.82, 2.24) is 10.6 Å². The third-order valence-electron chi connectivity index (χ3n) is 3.64. The lowest BCUT2D eigenvalue weighted by Gasteiger charge is -2.22. The number of carbonyl (C=O) groups is 6. The van der Waals surface area contributed by atoms with E-state index in [1.807, 2.05) is 0 Å². The molecule has 0 unspecified atom stereocenters. The van der Waals surface area contributed by atoms with Gasteiger partial charge in [-0.3, -0.25) is 24.0 Å². The fourth-order valence-electron chi connectivity index (χ4n) is 2.08. The molecule has 28 heavy (non-hydrogen) atoms. The molecule has 5 amide bonds. The summed E-state index contributed by atoms with van der Waals surface area (Å²) in [6, 6.07) is -3.90. The largest absolute Gasteiger partial charge is 0.480 e. The number of rotatable bonds is 14. The Morgan fingerprint density at radius 2 is 1.07 bits per heavy atom. The molecule has 11 N–H and O–H groups in total. The Labute approximate surface area is 160 Å². The first-order valence-electron chi connectivity index (χ1n) is 8.38. The van der Waals surface area contributed by atoms with Crippen molar-refractivity contribution < 1.29 is 33.9 Å². The minimum Gasteiger partial charge on any atom is -0.480 e. The van der Waals surface area contributed by atoms with E-state index in [4.69, 9.17) is 28.0 Å². The first-order valence-corrected chi connectivity index (χ1v) is 8.38. The van der Waals surface area contributed by atoms with Gasteiger partial charge in [0.25, 0.3) is 0 Å². The molecule has 0 saturated heterocycles. The molecule has 0 aromatic heterocycles. The highest BCUT2D eigenvalue weighted by Crippen LogP contribution is 2.04. The molecule has 158 valence electrons. The number of nitrogens with two attached hydrogens (primary N) is 4. The van der Waals surface area contributed by atoms with Crippen LogP contribution in [0, 0.1) is 0 Å². The van der Waals surface area contributed by atoms with Crippen LogP contribution in [0.2, 0.25) is 0 Å². The lowest BCUT2D eigenvalue weighted by molar-refractivity contribution is -0.142. The van der Waals surface area contributed by atoms with E-state index in [-0.39, 0.29) is 38.5 Å². The van der Waals surface area contributed by atoms with Crippen molar-refractivity contribution in [2.24, 2.45) is 22.9 Å². The Balaban J connectivity index is 5.08. The van der Waals surface area contributed by atoms with Crippen LogP contribution in [0.5, 0.6) is 0 Å². The van der Waals surface area contributed by atoms with E-state index >= 15 is 0 Å². The monoisotopic (exact) mass is 402 g/mol.